The number of carbonyl (C=O) groups excluding carboxylic acids is 1. The van der Waals surface area contributed by atoms with Gasteiger partial charge in [-0.25, -0.2) is 4.79 Å². The number of fused-ring (bicyclic) bond motifs is 1. The van der Waals surface area contributed by atoms with Gasteiger partial charge in [-0.1, -0.05) is 6.07 Å². The van der Waals surface area contributed by atoms with Crippen molar-refractivity contribution in [2.75, 3.05) is 19.0 Å². The number of anilines is 1. The number of pyridine rings is 1. The first kappa shape index (κ1) is 15.9. The van der Waals surface area contributed by atoms with Crippen LogP contribution in [0.3, 0.4) is 0 Å². The molecule has 118 valence electrons. The van der Waals surface area contributed by atoms with Crippen LogP contribution < -0.4 is 15.8 Å². The topological polar surface area (TPSA) is 86.5 Å². The molecule has 1 amide bonds. The molecule has 1 aromatic heterocycles. The van der Waals surface area contributed by atoms with Crippen molar-refractivity contribution >= 4 is 22.7 Å². The Hall–Kier alpha value is -2.50. The molecule has 0 saturated heterocycles. The van der Waals surface area contributed by atoms with Gasteiger partial charge in [-0.2, -0.15) is 0 Å². The van der Waals surface area contributed by atoms with Crippen molar-refractivity contribution in [3.63, 3.8) is 0 Å². The van der Waals surface area contributed by atoms with Gasteiger partial charge in [0, 0.05) is 17.9 Å². The minimum atomic E-state index is -0.731. The number of amides is 1. The molecule has 6 heteroatoms. The normalized spacial score (nSPS) is 11.9. The highest BCUT2D eigenvalue weighted by molar-refractivity contribution is 5.96. The van der Waals surface area contributed by atoms with Crippen LogP contribution in [-0.4, -0.2) is 30.8 Å². The molecule has 3 N–H and O–H groups in total. The summed E-state index contributed by atoms with van der Waals surface area (Å²) in [5.41, 5.74) is 6.79. The van der Waals surface area contributed by atoms with E-state index in [0.717, 1.165) is 35.2 Å². The number of nitrogens with zero attached hydrogens (tertiary/aromatic N) is 1. The zero-order chi connectivity index (χ0) is 15.9. The van der Waals surface area contributed by atoms with Crippen molar-refractivity contribution in [3.05, 3.63) is 30.5 Å². The number of carbonyl (C=O) groups is 1. The van der Waals surface area contributed by atoms with Gasteiger partial charge in [0.05, 0.1) is 24.6 Å². The molecule has 1 unspecified atom stereocenters. The van der Waals surface area contributed by atoms with Crippen molar-refractivity contribution < 1.29 is 14.3 Å². The van der Waals surface area contributed by atoms with Gasteiger partial charge in [-0.05, 0) is 38.0 Å². The highest BCUT2D eigenvalue weighted by Gasteiger charge is 2.10. The second kappa shape index (κ2) is 7.49. The van der Waals surface area contributed by atoms with Crippen LogP contribution in [0.5, 0.6) is 5.75 Å². The van der Waals surface area contributed by atoms with Gasteiger partial charge in [0.1, 0.15) is 5.75 Å². The summed E-state index contributed by atoms with van der Waals surface area (Å²) in [6.45, 7) is 2.41. The van der Waals surface area contributed by atoms with E-state index in [-0.39, 0.29) is 6.04 Å². The minimum absolute atomic E-state index is 0.215. The maximum Gasteiger partial charge on any atom is 0.404 e. The summed E-state index contributed by atoms with van der Waals surface area (Å²) in [6, 6.07) is 7.97. The standard InChI is InChI=1S/C16H21N3O3/c1-11(5-4-10-22-16(17)20)19-13-7-3-6-12-15(13)14(21-2)8-9-18-12/h3,6-9,11,19H,4-5,10H2,1-2H3,(H2,17,20). The second-order valence-corrected chi connectivity index (χ2v) is 5.07. The molecule has 0 aliphatic rings. The van der Waals surface area contributed by atoms with Gasteiger partial charge >= 0.3 is 6.09 Å². The number of hydrogen-bond acceptors (Lipinski definition) is 5. The summed E-state index contributed by atoms with van der Waals surface area (Å²) in [7, 11) is 1.65. The van der Waals surface area contributed by atoms with E-state index < -0.39 is 6.09 Å². The Morgan fingerprint density at radius 3 is 2.95 bits per heavy atom. The highest BCUT2D eigenvalue weighted by atomic mass is 16.5. The Morgan fingerprint density at radius 2 is 2.23 bits per heavy atom. The fourth-order valence-corrected chi connectivity index (χ4v) is 2.37. The molecule has 0 fully saturated rings. The average Bonchev–Trinajstić information content (AvgIpc) is 2.51. The maximum atomic E-state index is 10.5. The zero-order valence-corrected chi connectivity index (χ0v) is 12.8. The van der Waals surface area contributed by atoms with Crippen molar-refractivity contribution in [3.8, 4) is 5.75 Å². The summed E-state index contributed by atoms with van der Waals surface area (Å²) in [5, 5.41) is 4.42. The van der Waals surface area contributed by atoms with E-state index in [1.807, 2.05) is 24.3 Å². The second-order valence-electron chi connectivity index (χ2n) is 5.07. The van der Waals surface area contributed by atoms with Gasteiger partial charge in [-0.3, -0.25) is 4.98 Å². The maximum absolute atomic E-state index is 10.5. The third-order valence-corrected chi connectivity index (χ3v) is 3.38. The molecular formula is C16H21N3O3. The molecule has 0 aliphatic carbocycles. The lowest BCUT2D eigenvalue weighted by Gasteiger charge is -2.17. The van der Waals surface area contributed by atoms with Crippen molar-refractivity contribution in [1.29, 1.82) is 0 Å². The fraction of sp³-hybridized carbons (Fsp3) is 0.375. The molecule has 2 aromatic rings. The van der Waals surface area contributed by atoms with Crippen LogP contribution in [0.15, 0.2) is 30.5 Å². The number of ether oxygens (including phenoxy) is 2. The first-order chi connectivity index (χ1) is 10.6. The van der Waals surface area contributed by atoms with Gasteiger partial charge in [0.15, 0.2) is 0 Å². The van der Waals surface area contributed by atoms with E-state index in [4.69, 9.17) is 15.2 Å². The lowest BCUT2D eigenvalue weighted by atomic mass is 10.1. The Morgan fingerprint density at radius 1 is 1.41 bits per heavy atom. The van der Waals surface area contributed by atoms with E-state index in [9.17, 15) is 4.79 Å². The summed E-state index contributed by atoms with van der Waals surface area (Å²) in [6.07, 6.45) is 2.60. The molecule has 0 aliphatic heterocycles. The number of methoxy groups -OCH3 is 1. The van der Waals surface area contributed by atoms with Crippen LogP contribution >= 0.6 is 0 Å². The third kappa shape index (κ3) is 4.00. The number of benzene rings is 1. The molecular weight excluding hydrogens is 282 g/mol. The lowest BCUT2D eigenvalue weighted by molar-refractivity contribution is 0.154. The molecule has 0 bridgehead atoms. The van der Waals surface area contributed by atoms with E-state index in [2.05, 4.69) is 17.2 Å². The molecule has 6 nitrogen and oxygen atoms in total. The average molecular weight is 303 g/mol. The molecule has 0 spiro atoms. The van der Waals surface area contributed by atoms with E-state index in [1.165, 1.54) is 0 Å². The molecule has 1 heterocycles. The highest BCUT2D eigenvalue weighted by Crippen LogP contribution is 2.31. The summed E-state index contributed by atoms with van der Waals surface area (Å²) < 4.78 is 10.2. The molecule has 22 heavy (non-hydrogen) atoms. The van der Waals surface area contributed by atoms with Gasteiger partial charge in [0.25, 0.3) is 0 Å². The summed E-state index contributed by atoms with van der Waals surface area (Å²) in [5.74, 6) is 0.789. The lowest BCUT2D eigenvalue weighted by Crippen LogP contribution is -2.18. The Balaban J connectivity index is 2.06. The third-order valence-electron chi connectivity index (χ3n) is 3.38. The molecule has 0 saturated carbocycles. The van der Waals surface area contributed by atoms with Crippen molar-refractivity contribution in [1.82, 2.24) is 4.98 Å². The van der Waals surface area contributed by atoms with Gasteiger partial charge in [-0.15, -0.1) is 0 Å². The Bertz CT molecular complexity index is 640. The van der Waals surface area contributed by atoms with Crippen LogP contribution in [0, 0.1) is 0 Å². The predicted molar refractivity (Wildman–Crippen MR) is 86.1 cm³/mol. The number of nitrogens with two attached hydrogens (primary N) is 1. The van der Waals surface area contributed by atoms with Crippen molar-refractivity contribution in [2.24, 2.45) is 5.73 Å². The monoisotopic (exact) mass is 303 g/mol. The van der Waals surface area contributed by atoms with E-state index in [1.54, 1.807) is 13.3 Å². The number of primary amides is 1. The Labute approximate surface area is 129 Å². The molecule has 1 aromatic carbocycles. The molecule has 2 rings (SSSR count). The SMILES string of the molecule is COc1ccnc2cccc(NC(C)CCCOC(N)=O)c12. The van der Waals surface area contributed by atoms with Gasteiger partial charge in [0.2, 0.25) is 0 Å². The number of rotatable bonds is 7. The van der Waals surface area contributed by atoms with Crippen LogP contribution in [0.4, 0.5) is 10.5 Å². The Kier molecular flexibility index (Phi) is 5.41. The molecule has 0 radical (unpaired) electrons. The quantitative estimate of drug-likeness (QED) is 0.768. The van der Waals surface area contributed by atoms with Crippen LogP contribution in [-0.2, 0) is 4.74 Å². The van der Waals surface area contributed by atoms with E-state index >= 15 is 0 Å². The first-order valence-electron chi connectivity index (χ1n) is 7.22. The summed E-state index contributed by atoms with van der Waals surface area (Å²) in [4.78, 5) is 14.9. The zero-order valence-electron chi connectivity index (χ0n) is 12.8. The largest absolute Gasteiger partial charge is 0.496 e. The summed E-state index contributed by atoms with van der Waals surface area (Å²) >= 11 is 0. The van der Waals surface area contributed by atoms with Crippen LogP contribution in [0.25, 0.3) is 10.9 Å². The predicted octanol–water partition coefficient (Wildman–Crippen LogP) is 2.92. The molecule has 1 atom stereocenters. The van der Waals surface area contributed by atoms with Gasteiger partial charge < -0.3 is 20.5 Å². The first-order valence-corrected chi connectivity index (χ1v) is 7.22. The minimum Gasteiger partial charge on any atom is -0.496 e. The smallest absolute Gasteiger partial charge is 0.404 e. The van der Waals surface area contributed by atoms with Crippen LogP contribution in [0.1, 0.15) is 19.8 Å². The number of hydrogen-bond donors (Lipinski definition) is 2. The number of nitrogens with one attached hydrogen (secondary N) is 1. The van der Waals surface area contributed by atoms with Crippen LogP contribution in [0.2, 0.25) is 0 Å². The number of aromatic nitrogens is 1. The van der Waals surface area contributed by atoms with E-state index in [0.29, 0.717) is 6.61 Å². The van der Waals surface area contributed by atoms with Crippen molar-refractivity contribution in [2.45, 2.75) is 25.8 Å². The fourth-order valence-electron chi connectivity index (χ4n) is 2.37.